The van der Waals surface area contributed by atoms with Crippen LogP contribution in [0, 0.1) is 11.3 Å². The number of nitrogens with two attached hydrogens (primary N) is 1. The summed E-state index contributed by atoms with van der Waals surface area (Å²) in [5, 5.41) is 8.89. The largest absolute Gasteiger partial charge is 0.481 e. The second-order valence-electron chi connectivity index (χ2n) is 5.87. The first-order valence-corrected chi connectivity index (χ1v) is 6.56. The van der Waals surface area contributed by atoms with Crippen LogP contribution in [-0.2, 0) is 9.59 Å². The highest BCUT2D eigenvalue weighted by Gasteiger charge is 2.31. The molecule has 1 fully saturated rings. The van der Waals surface area contributed by atoms with Crippen LogP contribution in [-0.4, -0.2) is 41.5 Å². The maximum Gasteiger partial charge on any atom is 0.308 e. The lowest BCUT2D eigenvalue weighted by molar-refractivity contribution is -0.141. The number of nitrogens with zero attached hydrogens (tertiary/aromatic N) is 1. The molecule has 0 aromatic carbocycles. The van der Waals surface area contributed by atoms with Crippen LogP contribution in [0.4, 0.5) is 0 Å². The molecular formula is C13H24N2O3. The molecule has 104 valence electrons. The molecule has 1 rings (SSSR count). The lowest BCUT2D eigenvalue weighted by atomic mass is 9.84. The summed E-state index contributed by atoms with van der Waals surface area (Å²) in [7, 11) is 0. The van der Waals surface area contributed by atoms with Crippen molar-refractivity contribution in [2.45, 2.75) is 39.5 Å². The molecule has 0 spiro atoms. The number of likely N-dealkylation sites (tertiary alicyclic amines) is 1. The standard InChI is InChI=1S/C13H24N2O3/c1-13(2,6-7-14)5-3-11(16)15-8-4-10(9-15)12(17)18/h10H,3-9,14H2,1-2H3,(H,17,18). The Hall–Kier alpha value is -1.10. The zero-order chi connectivity index (χ0) is 13.8. The molecule has 1 heterocycles. The molecule has 3 N–H and O–H groups in total. The fourth-order valence-electron chi connectivity index (χ4n) is 2.31. The SMILES string of the molecule is CC(C)(CCN)CCC(=O)N1CCC(C(=O)O)C1. The summed E-state index contributed by atoms with van der Waals surface area (Å²) in [6, 6.07) is 0. The molecule has 1 unspecified atom stereocenters. The van der Waals surface area contributed by atoms with E-state index in [1.54, 1.807) is 4.90 Å². The first-order valence-electron chi connectivity index (χ1n) is 6.56. The van der Waals surface area contributed by atoms with Gasteiger partial charge in [0.25, 0.3) is 0 Å². The van der Waals surface area contributed by atoms with E-state index in [4.69, 9.17) is 10.8 Å². The van der Waals surface area contributed by atoms with Crippen LogP contribution in [0.15, 0.2) is 0 Å². The van der Waals surface area contributed by atoms with E-state index in [-0.39, 0.29) is 17.2 Å². The zero-order valence-electron chi connectivity index (χ0n) is 11.3. The topological polar surface area (TPSA) is 83.6 Å². The summed E-state index contributed by atoms with van der Waals surface area (Å²) in [5.74, 6) is -1.11. The Morgan fingerprint density at radius 1 is 1.39 bits per heavy atom. The van der Waals surface area contributed by atoms with E-state index in [9.17, 15) is 9.59 Å². The molecule has 0 aliphatic carbocycles. The van der Waals surface area contributed by atoms with E-state index < -0.39 is 5.97 Å². The Kier molecular flexibility index (Phi) is 5.14. The van der Waals surface area contributed by atoms with Crippen LogP contribution in [0.5, 0.6) is 0 Å². The number of carboxylic acids is 1. The number of hydrogen-bond donors (Lipinski definition) is 2. The van der Waals surface area contributed by atoms with Crippen molar-refractivity contribution in [1.82, 2.24) is 4.90 Å². The molecule has 0 saturated carbocycles. The van der Waals surface area contributed by atoms with Crippen LogP contribution < -0.4 is 5.73 Å². The number of rotatable bonds is 6. The van der Waals surface area contributed by atoms with Crippen molar-refractivity contribution in [2.75, 3.05) is 19.6 Å². The van der Waals surface area contributed by atoms with E-state index >= 15 is 0 Å². The van der Waals surface area contributed by atoms with Crippen molar-refractivity contribution in [2.24, 2.45) is 17.1 Å². The van der Waals surface area contributed by atoms with Crippen molar-refractivity contribution in [3.8, 4) is 0 Å². The summed E-state index contributed by atoms with van der Waals surface area (Å²) < 4.78 is 0. The first-order chi connectivity index (χ1) is 8.35. The van der Waals surface area contributed by atoms with E-state index in [1.807, 2.05) is 0 Å². The number of aliphatic carboxylic acids is 1. The van der Waals surface area contributed by atoms with Crippen molar-refractivity contribution in [3.05, 3.63) is 0 Å². The number of carboxylic acid groups (broad SMARTS) is 1. The Morgan fingerprint density at radius 3 is 2.56 bits per heavy atom. The highest BCUT2D eigenvalue weighted by atomic mass is 16.4. The average molecular weight is 256 g/mol. The van der Waals surface area contributed by atoms with Crippen molar-refractivity contribution in [1.29, 1.82) is 0 Å². The van der Waals surface area contributed by atoms with Crippen LogP contribution in [0.1, 0.15) is 39.5 Å². The highest BCUT2D eigenvalue weighted by molar-refractivity contribution is 5.78. The van der Waals surface area contributed by atoms with Gasteiger partial charge in [-0.05, 0) is 31.2 Å². The number of hydrogen-bond acceptors (Lipinski definition) is 3. The van der Waals surface area contributed by atoms with Crippen molar-refractivity contribution < 1.29 is 14.7 Å². The fraction of sp³-hybridized carbons (Fsp3) is 0.846. The first kappa shape index (κ1) is 15.0. The van der Waals surface area contributed by atoms with E-state index in [1.165, 1.54) is 0 Å². The Balaban J connectivity index is 2.36. The van der Waals surface area contributed by atoms with Crippen LogP contribution >= 0.6 is 0 Å². The van der Waals surface area contributed by atoms with Gasteiger partial charge in [-0.2, -0.15) is 0 Å². The molecule has 5 nitrogen and oxygen atoms in total. The number of amides is 1. The van der Waals surface area contributed by atoms with Crippen molar-refractivity contribution >= 4 is 11.9 Å². The molecule has 18 heavy (non-hydrogen) atoms. The smallest absolute Gasteiger partial charge is 0.308 e. The lowest BCUT2D eigenvalue weighted by Crippen LogP contribution is -2.31. The molecule has 0 bridgehead atoms. The molecule has 1 saturated heterocycles. The molecular weight excluding hydrogens is 232 g/mol. The third-order valence-electron chi connectivity index (χ3n) is 3.73. The number of carbonyl (C=O) groups excluding carboxylic acids is 1. The summed E-state index contributed by atoms with van der Waals surface area (Å²) in [6.07, 6.45) is 2.77. The van der Waals surface area contributed by atoms with Gasteiger partial charge >= 0.3 is 5.97 Å². The number of carbonyl (C=O) groups is 2. The van der Waals surface area contributed by atoms with E-state index in [0.29, 0.717) is 32.5 Å². The van der Waals surface area contributed by atoms with E-state index in [0.717, 1.165) is 12.8 Å². The second-order valence-corrected chi connectivity index (χ2v) is 5.87. The average Bonchev–Trinajstić information content (AvgIpc) is 2.75. The highest BCUT2D eigenvalue weighted by Crippen LogP contribution is 2.27. The quantitative estimate of drug-likeness (QED) is 0.744. The van der Waals surface area contributed by atoms with Gasteiger partial charge in [0.05, 0.1) is 5.92 Å². The van der Waals surface area contributed by atoms with Crippen LogP contribution in [0.25, 0.3) is 0 Å². The lowest BCUT2D eigenvalue weighted by Gasteiger charge is -2.25. The Bertz CT molecular complexity index is 315. The van der Waals surface area contributed by atoms with Crippen molar-refractivity contribution in [3.63, 3.8) is 0 Å². The Morgan fingerprint density at radius 2 is 2.06 bits per heavy atom. The Labute approximate surface area is 108 Å². The minimum atomic E-state index is -0.797. The predicted molar refractivity (Wildman–Crippen MR) is 69.0 cm³/mol. The normalized spacial score (nSPS) is 20.2. The van der Waals surface area contributed by atoms with Gasteiger partial charge in [-0.1, -0.05) is 13.8 Å². The maximum absolute atomic E-state index is 12.0. The molecule has 0 radical (unpaired) electrons. The molecule has 1 amide bonds. The predicted octanol–water partition coefficient (Wildman–Crippen LogP) is 1.07. The zero-order valence-corrected chi connectivity index (χ0v) is 11.3. The third kappa shape index (κ3) is 4.29. The van der Waals surface area contributed by atoms with Gasteiger partial charge in [0.15, 0.2) is 0 Å². The minimum Gasteiger partial charge on any atom is -0.481 e. The molecule has 1 atom stereocenters. The van der Waals surface area contributed by atoms with Gasteiger partial charge in [-0.15, -0.1) is 0 Å². The molecule has 5 heteroatoms. The molecule has 0 aromatic rings. The molecule has 1 aliphatic rings. The van der Waals surface area contributed by atoms with Gasteiger partial charge in [-0.3, -0.25) is 9.59 Å². The van der Waals surface area contributed by atoms with Gasteiger partial charge in [0.1, 0.15) is 0 Å². The second kappa shape index (κ2) is 6.18. The van der Waals surface area contributed by atoms with Gasteiger partial charge in [0.2, 0.25) is 5.91 Å². The van der Waals surface area contributed by atoms with Crippen LogP contribution in [0.2, 0.25) is 0 Å². The molecule has 0 aromatic heterocycles. The monoisotopic (exact) mass is 256 g/mol. The third-order valence-corrected chi connectivity index (χ3v) is 3.73. The summed E-state index contributed by atoms with van der Waals surface area (Å²) in [5.41, 5.74) is 5.61. The summed E-state index contributed by atoms with van der Waals surface area (Å²) >= 11 is 0. The minimum absolute atomic E-state index is 0.0730. The van der Waals surface area contributed by atoms with E-state index in [2.05, 4.69) is 13.8 Å². The van der Waals surface area contributed by atoms with Gasteiger partial charge in [0, 0.05) is 19.5 Å². The van der Waals surface area contributed by atoms with Gasteiger partial charge < -0.3 is 15.7 Å². The maximum atomic E-state index is 12.0. The van der Waals surface area contributed by atoms with Gasteiger partial charge in [-0.25, -0.2) is 0 Å². The summed E-state index contributed by atoms with van der Waals surface area (Å²) in [6.45, 7) is 5.79. The van der Waals surface area contributed by atoms with Crippen LogP contribution in [0.3, 0.4) is 0 Å². The molecule has 1 aliphatic heterocycles. The fourth-order valence-corrected chi connectivity index (χ4v) is 2.31. The summed E-state index contributed by atoms with van der Waals surface area (Å²) in [4.78, 5) is 24.5.